The second-order valence-corrected chi connectivity index (χ2v) is 4.64. The maximum absolute atomic E-state index is 13.3. The molecule has 0 radical (unpaired) electrons. The summed E-state index contributed by atoms with van der Waals surface area (Å²) < 4.78 is 13.3. The fraction of sp³-hybridized carbons (Fsp3) is 0.167. The van der Waals surface area contributed by atoms with Crippen LogP contribution in [-0.2, 0) is 0 Å². The maximum atomic E-state index is 13.3. The number of rotatable bonds is 3. The molecule has 0 aliphatic heterocycles. The molecule has 100 valence electrons. The molecule has 0 unspecified atom stereocenters. The van der Waals surface area contributed by atoms with Crippen molar-refractivity contribution in [3.05, 3.63) is 39.9 Å². The summed E-state index contributed by atoms with van der Waals surface area (Å²) in [5.41, 5.74) is 1.39. The molecule has 0 bridgehead atoms. The summed E-state index contributed by atoms with van der Waals surface area (Å²) in [7, 11) is 1.77. The highest BCUT2D eigenvalue weighted by Gasteiger charge is 2.10. The monoisotopic (exact) mass is 300 g/mol. The van der Waals surface area contributed by atoms with Gasteiger partial charge in [0.25, 0.3) is 0 Å². The Kier molecular flexibility index (Phi) is 4.07. The molecule has 0 saturated heterocycles. The van der Waals surface area contributed by atoms with Crippen LogP contribution in [0.1, 0.15) is 5.56 Å². The third kappa shape index (κ3) is 2.88. The largest absolute Gasteiger partial charge is 0.373 e. The molecule has 0 atom stereocenters. The van der Waals surface area contributed by atoms with Gasteiger partial charge in [0.2, 0.25) is 0 Å². The molecule has 0 saturated carbocycles. The number of nitrogens with one attached hydrogen (secondary N) is 2. The highest BCUT2D eigenvalue weighted by Crippen LogP contribution is 2.30. The summed E-state index contributed by atoms with van der Waals surface area (Å²) in [6.45, 7) is 1.86. The highest BCUT2D eigenvalue weighted by atomic mass is 35.5. The zero-order chi connectivity index (χ0) is 14.0. The molecule has 0 aliphatic carbocycles. The molecule has 2 aromatic rings. The first kappa shape index (κ1) is 13.8. The summed E-state index contributed by atoms with van der Waals surface area (Å²) in [6, 6.07) is 2.90. The van der Waals surface area contributed by atoms with Crippen LogP contribution in [0.2, 0.25) is 10.0 Å². The Hall–Kier alpha value is -1.59. The lowest BCUT2D eigenvalue weighted by molar-refractivity contribution is 0.629. The van der Waals surface area contributed by atoms with Crippen LogP contribution in [0.15, 0.2) is 18.5 Å². The first-order valence-electron chi connectivity index (χ1n) is 5.44. The Bertz CT molecular complexity index is 596. The normalized spacial score (nSPS) is 10.4. The first-order valence-corrected chi connectivity index (χ1v) is 6.19. The molecule has 7 heteroatoms. The number of halogens is 3. The van der Waals surface area contributed by atoms with E-state index in [1.807, 2.05) is 6.92 Å². The lowest BCUT2D eigenvalue weighted by atomic mass is 10.2. The molecule has 1 heterocycles. The van der Waals surface area contributed by atoms with Crippen molar-refractivity contribution in [3.63, 3.8) is 0 Å². The van der Waals surface area contributed by atoms with Gasteiger partial charge in [-0.3, -0.25) is 0 Å². The van der Waals surface area contributed by atoms with Gasteiger partial charge in [-0.1, -0.05) is 23.2 Å². The Balaban J connectivity index is 2.36. The van der Waals surface area contributed by atoms with Crippen molar-refractivity contribution in [2.24, 2.45) is 0 Å². The van der Waals surface area contributed by atoms with Gasteiger partial charge in [0.15, 0.2) is 5.82 Å². The van der Waals surface area contributed by atoms with Crippen LogP contribution in [0.4, 0.5) is 21.7 Å². The van der Waals surface area contributed by atoms with Crippen molar-refractivity contribution in [1.82, 2.24) is 9.97 Å². The van der Waals surface area contributed by atoms with E-state index in [0.29, 0.717) is 17.3 Å². The third-order valence-electron chi connectivity index (χ3n) is 2.57. The van der Waals surface area contributed by atoms with Crippen molar-refractivity contribution in [2.45, 2.75) is 6.92 Å². The topological polar surface area (TPSA) is 49.8 Å². The van der Waals surface area contributed by atoms with Gasteiger partial charge in [-0.05, 0) is 19.1 Å². The minimum absolute atomic E-state index is 0.0458. The molecule has 2 N–H and O–H groups in total. The summed E-state index contributed by atoms with van der Waals surface area (Å²) in [4.78, 5) is 8.20. The van der Waals surface area contributed by atoms with Crippen molar-refractivity contribution < 1.29 is 4.39 Å². The van der Waals surface area contributed by atoms with Crippen molar-refractivity contribution >= 4 is 40.5 Å². The molecule has 1 aromatic carbocycles. The molecule has 0 amide bonds. The van der Waals surface area contributed by atoms with Crippen LogP contribution < -0.4 is 10.6 Å². The molecular formula is C12H11Cl2FN4. The molecule has 2 rings (SSSR count). The number of hydrogen-bond donors (Lipinski definition) is 2. The van der Waals surface area contributed by atoms with E-state index in [1.54, 1.807) is 7.05 Å². The van der Waals surface area contributed by atoms with Gasteiger partial charge in [0.1, 0.15) is 18.0 Å². The average molecular weight is 301 g/mol. The first-order chi connectivity index (χ1) is 9.02. The van der Waals surface area contributed by atoms with Crippen LogP contribution in [0.3, 0.4) is 0 Å². The number of nitrogens with zero attached hydrogens (tertiary/aromatic N) is 2. The van der Waals surface area contributed by atoms with E-state index in [9.17, 15) is 4.39 Å². The Morgan fingerprint density at radius 3 is 2.26 bits per heavy atom. The van der Waals surface area contributed by atoms with E-state index < -0.39 is 5.82 Å². The Morgan fingerprint density at radius 2 is 1.68 bits per heavy atom. The van der Waals surface area contributed by atoms with Crippen molar-refractivity contribution in [3.8, 4) is 0 Å². The Labute approximate surface area is 120 Å². The standard InChI is InChI=1S/C12H11Cl2FN4/c1-6-11(16-2)17-5-18-12(6)19-7-3-8(13)10(15)9(14)4-7/h3-5H,1-2H3,(H2,16,17,18,19). The van der Waals surface area contributed by atoms with E-state index in [-0.39, 0.29) is 10.0 Å². The van der Waals surface area contributed by atoms with E-state index in [4.69, 9.17) is 23.2 Å². The van der Waals surface area contributed by atoms with Crippen molar-refractivity contribution in [2.75, 3.05) is 17.7 Å². The van der Waals surface area contributed by atoms with Gasteiger partial charge in [-0.15, -0.1) is 0 Å². The Morgan fingerprint density at radius 1 is 1.11 bits per heavy atom. The minimum atomic E-state index is -0.635. The van der Waals surface area contributed by atoms with Gasteiger partial charge < -0.3 is 10.6 Å². The predicted octanol–water partition coefficient (Wildman–Crippen LogP) is 4.02. The number of anilines is 3. The highest BCUT2D eigenvalue weighted by molar-refractivity contribution is 6.35. The number of hydrogen-bond acceptors (Lipinski definition) is 4. The molecule has 1 aromatic heterocycles. The predicted molar refractivity (Wildman–Crippen MR) is 76.0 cm³/mol. The third-order valence-corrected chi connectivity index (χ3v) is 3.12. The second kappa shape index (κ2) is 5.59. The van der Waals surface area contributed by atoms with Crippen LogP contribution in [0.25, 0.3) is 0 Å². The van der Waals surface area contributed by atoms with Crippen LogP contribution in [0.5, 0.6) is 0 Å². The molecule has 0 aliphatic rings. The molecular weight excluding hydrogens is 290 g/mol. The summed E-state index contributed by atoms with van der Waals surface area (Å²) in [5.74, 6) is 0.666. The van der Waals surface area contributed by atoms with Gasteiger partial charge in [0, 0.05) is 18.3 Å². The summed E-state index contributed by atoms with van der Waals surface area (Å²) >= 11 is 11.5. The van der Waals surface area contributed by atoms with E-state index in [2.05, 4.69) is 20.6 Å². The minimum Gasteiger partial charge on any atom is -0.373 e. The molecule has 0 fully saturated rings. The van der Waals surface area contributed by atoms with Crippen LogP contribution >= 0.6 is 23.2 Å². The summed E-state index contributed by atoms with van der Waals surface area (Å²) in [6.07, 6.45) is 1.42. The average Bonchev–Trinajstić information content (AvgIpc) is 2.38. The fourth-order valence-electron chi connectivity index (χ4n) is 1.59. The number of benzene rings is 1. The van der Waals surface area contributed by atoms with E-state index in [0.717, 1.165) is 5.56 Å². The van der Waals surface area contributed by atoms with E-state index >= 15 is 0 Å². The molecule has 0 spiro atoms. The second-order valence-electron chi connectivity index (χ2n) is 3.82. The maximum Gasteiger partial charge on any atom is 0.160 e. The molecule has 4 nitrogen and oxygen atoms in total. The fourth-order valence-corrected chi connectivity index (χ4v) is 2.08. The SMILES string of the molecule is CNc1ncnc(Nc2cc(Cl)c(F)c(Cl)c2)c1C. The lowest BCUT2D eigenvalue weighted by Crippen LogP contribution is -2.02. The van der Waals surface area contributed by atoms with Gasteiger partial charge in [-0.25, -0.2) is 14.4 Å². The van der Waals surface area contributed by atoms with Crippen LogP contribution in [-0.4, -0.2) is 17.0 Å². The molecule has 19 heavy (non-hydrogen) atoms. The van der Waals surface area contributed by atoms with E-state index in [1.165, 1.54) is 18.5 Å². The van der Waals surface area contributed by atoms with Crippen LogP contribution in [0, 0.1) is 12.7 Å². The lowest BCUT2D eigenvalue weighted by Gasteiger charge is -2.11. The van der Waals surface area contributed by atoms with Gasteiger partial charge >= 0.3 is 0 Å². The smallest absolute Gasteiger partial charge is 0.160 e. The van der Waals surface area contributed by atoms with Gasteiger partial charge in [-0.2, -0.15) is 0 Å². The van der Waals surface area contributed by atoms with Crippen molar-refractivity contribution in [1.29, 1.82) is 0 Å². The quantitative estimate of drug-likeness (QED) is 0.841. The zero-order valence-corrected chi connectivity index (χ0v) is 11.8. The number of aromatic nitrogens is 2. The van der Waals surface area contributed by atoms with Gasteiger partial charge in [0.05, 0.1) is 10.0 Å². The summed E-state index contributed by atoms with van der Waals surface area (Å²) in [5, 5.41) is 5.89. The zero-order valence-electron chi connectivity index (χ0n) is 10.3.